The Hall–Kier alpha value is -1.07. The zero-order valence-electron chi connectivity index (χ0n) is 5.96. The largest absolute Gasteiger partial charge is 0.321 e. The second-order valence-electron chi connectivity index (χ2n) is 2.74. The summed E-state index contributed by atoms with van der Waals surface area (Å²) < 4.78 is 0. The number of nitrogens with two attached hydrogens (primary N) is 1. The van der Waals surface area contributed by atoms with E-state index in [-0.39, 0.29) is 0 Å². The smallest absolute Gasteiger partial charge is 0.0966 e. The first-order valence-electron chi connectivity index (χ1n) is 3.23. The number of hydrogen-bond donors (Lipinski definition) is 1. The Bertz CT molecular complexity index is 228. The van der Waals surface area contributed by atoms with Crippen LogP contribution in [0, 0.1) is 11.3 Å². The molecule has 1 atom stereocenters. The molecule has 2 heteroatoms. The van der Waals surface area contributed by atoms with Gasteiger partial charge in [0.2, 0.25) is 0 Å². The molecule has 1 aliphatic rings. The van der Waals surface area contributed by atoms with Gasteiger partial charge in [-0.3, -0.25) is 0 Å². The van der Waals surface area contributed by atoms with Crippen molar-refractivity contribution in [2.75, 3.05) is 0 Å². The van der Waals surface area contributed by atoms with Gasteiger partial charge in [-0.05, 0) is 19.4 Å². The maximum atomic E-state index is 8.59. The topological polar surface area (TPSA) is 49.8 Å². The highest BCUT2D eigenvalue weighted by molar-refractivity contribution is 5.38. The van der Waals surface area contributed by atoms with Gasteiger partial charge in [0.1, 0.15) is 0 Å². The van der Waals surface area contributed by atoms with Crippen LogP contribution in [0.2, 0.25) is 0 Å². The summed E-state index contributed by atoms with van der Waals surface area (Å²) in [7, 11) is 0. The van der Waals surface area contributed by atoms with Crippen molar-refractivity contribution in [1.82, 2.24) is 0 Å². The van der Waals surface area contributed by atoms with E-state index in [9.17, 15) is 0 Å². The molecule has 0 aromatic rings. The molecule has 2 N–H and O–H groups in total. The Morgan fingerprint density at radius 1 is 1.80 bits per heavy atom. The summed E-state index contributed by atoms with van der Waals surface area (Å²) in [5.41, 5.74) is 6.01. The molecule has 0 fully saturated rings. The van der Waals surface area contributed by atoms with E-state index in [1.807, 2.05) is 19.1 Å². The molecule has 1 aliphatic carbocycles. The van der Waals surface area contributed by atoms with Crippen LogP contribution < -0.4 is 5.73 Å². The minimum Gasteiger partial charge on any atom is -0.321 e. The van der Waals surface area contributed by atoms with Crippen LogP contribution in [-0.4, -0.2) is 5.54 Å². The second kappa shape index (κ2) is 2.28. The van der Waals surface area contributed by atoms with Crippen LogP contribution in [0.5, 0.6) is 0 Å². The molecular formula is C8H10N2. The SMILES string of the molecule is CC1(N)CC=CC=C1C#N. The lowest BCUT2D eigenvalue weighted by Gasteiger charge is -2.23. The van der Waals surface area contributed by atoms with Crippen LogP contribution in [0.1, 0.15) is 13.3 Å². The molecule has 10 heavy (non-hydrogen) atoms. The van der Waals surface area contributed by atoms with Crippen LogP contribution in [0.15, 0.2) is 23.8 Å². The summed E-state index contributed by atoms with van der Waals surface area (Å²) in [5, 5.41) is 8.59. The molecule has 0 radical (unpaired) electrons. The zero-order valence-corrected chi connectivity index (χ0v) is 5.96. The Morgan fingerprint density at radius 2 is 2.50 bits per heavy atom. The van der Waals surface area contributed by atoms with Gasteiger partial charge in [0.05, 0.1) is 11.6 Å². The van der Waals surface area contributed by atoms with E-state index in [1.165, 1.54) is 0 Å². The van der Waals surface area contributed by atoms with Crippen LogP contribution in [0.4, 0.5) is 0 Å². The number of nitrogens with zero attached hydrogens (tertiary/aromatic N) is 1. The van der Waals surface area contributed by atoms with Gasteiger partial charge < -0.3 is 5.73 Å². The zero-order chi connectivity index (χ0) is 7.61. The van der Waals surface area contributed by atoms with Crippen molar-refractivity contribution in [1.29, 1.82) is 5.26 Å². The third-order valence-corrected chi connectivity index (χ3v) is 1.68. The van der Waals surface area contributed by atoms with Crippen molar-refractivity contribution in [3.63, 3.8) is 0 Å². The summed E-state index contributed by atoms with van der Waals surface area (Å²) >= 11 is 0. The summed E-state index contributed by atoms with van der Waals surface area (Å²) in [6, 6.07) is 2.08. The fourth-order valence-corrected chi connectivity index (χ4v) is 0.942. The normalized spacial score (nSPS) is 31.1. The summed E-state index contributed by atoms with van der Waals surface area (Å²) in [6.45, 7) is 1.87. The molecule has 0 heterocycles. The van der Waals surface area contributed by atoms with Gasteiger partial charge in [0.15, 0.2) is 0 Å². The average molecular weight is 134 g/mol. The van der Waals surface area contributed by atoms with Crippen LogP contribution in [0.3, 0.4) is 0 Å². The summed E-state index contributed by atoms with van der Waals surface area (Å²) in [6.07, 6.45) is 6.36. The first kappa shape index (κ1) is 7.04. The monoisotopic (exact) mass is 134 g/mol. The Balaban J connectivity index is 2.95. The highest BCUT2D eigenvalue weighted by Gasteiger charge is 2.23. The third-order valence-electron chi connectivity index (χ3n) is 1.68. The molecule has 0 saturated heterocycles. The molecular weight excluding hydrogens is 124 g/mol. The Labute approximate surface area is 60.6 Å². The van der Waals surface area contributed by atoms with Crippen LogP contribution in [-0.2, 0) is 0 Å². The number of hydrogen-bond acceptors (Lipinski definition) is 2. The first-order valence-corrected chi connectivity index (χ1v) is 3.23. The molecule has 0 aromatic heterocycles. The highest BCUT2D eigenvalue weighted by Crippen LogP contribution is 2.20. The minimum absolute atomic E-state index is 0.441. The van der Waals surface area contributed by atoms with E-state index in [0.717, 1.165) is 6.42 Å². The van der Waals surface area contributed by atoms with Crippen molar-refractivity contribution in [3.8, 4) is 6.07 Å². The molecule has 1 unspecified atom stereocenters. The standard InChI is InChI=1S/C8H10N2/c1-8(10)5-3-2-4-7(8)6-9/h2-4H,5,10H2,1H3. The van der Waals surface area contributed by atoms with E-state index >= 15 is 0 Å². The molecule has 1 rings (SSSR count). The fraction of sp³-hybridized carbons (Fsp3) is 0.375. The predicted molar refractivity (Wildman–Crippen MR) is 40.0 cm³/mol. The van der Waals surface area contributed by atoms with E-state index in [2.05, 4.69) is 6.07 Å². The van der Waals surface area contributed by atoms with Crippen molar-refractivity contribution < 1.29 is 0 Å². The third kappa shape index (κ3) is 1.09. The second-order valence-corrected chi connectivity index (χ2v) is 2.74. The average Bonchev–Trinajstić information content (AvgIpc) is 1.87. The first-order chi connectivity index (χ1) is 4.67. The van der Waals surface area contributed by atoms with Gasteiger partial charge in [-0.15, -0.1) is 0 Å². The lowest BCUT2D eigenvalue weighted by molar-refractivity contribution is 0.567. The van der Waals surface area contributed by atoms with E-state index in [4.69, 9.17) is 11.0 Å². The molecule has 2 nitrogen and oxygen atoms in total. The molecule has 0 aromatic carbocycles. The number of allylic oxidation sites excluding steroid dienone is 2. The van der Waals surface area contributed by atoms with Gasteiger partial charge in [-0.1, -0.05) is 12.2 Å². The molecule has 0 spiro atoms. The van der Waals surface area contributed by atoms with E-state index in [1.54, 1.807) is 6.08 Å². The number of nitriles is 1. The maximum absolute atomic E-state index is 8.59. The van der Waals surface area contributed by atoms with Crippen molar-refractivity contribution >= 4 is 0 Å². The van der Waals surface area contributed by atoms with Gasteiger partial charge >= 0.3 is 0 Å². The molecule has 0 bridgehead atoms. The minimum atomic E-state index is -0.441. The summed E-state index contributed by atoms with van der Waals surface area (Å²) in [5.74, 6) is 0. The van der Waals surface area contributed by atoms with Crippen LogP contribution >= 0.6 is 0 Å². The van der Waals surface area contributed by atoms with Gasteiger partial charge in [-0.25, -0.2) is 0 Å². The fourth-order valence-electron chi connectivity index (χ4n) is 0.942. The Morgan fingerprint density at radius 3 is 2.90 bits per heavy atom. The Kier molecular flexibility index (Phi) is 1.60. The molecule has 0 saturated carbocycles. The molecule has 0 amide bonds. The van der Waals surface area contributed by atoms with Gasteiger partial charge in [0, 0.05) is 5.57 Å². The quantitative estimate of drug-likeness (QED) is 0.539. The maximum Gasteiger partial charge on any atom is 0.0966 e. The molecule has 52 valence electrons. The predicted octanol–water partition coefficient (Wildman–Crippen LogP) is 1.11. The van der Waals surface area contributed by atoms with Crippen molar-refractivity contribution in [2.45, 2.75) is 18.9 Å². The van der Waals surface area contributed by atoms with E-state index < -0.39 is 5.54 Å². The van der Waals surface area contributed by atoms with Crippen LogP contribution in [0.25, 0.3) is 0 Å². The lowest BCUT2D eigenvalue weighted by atomic mass is 9.87. The van der Waals surface area contributed by atoms with Crippen molar-refractivity contribution in [3.05, 3.63) is 23.8 Å². The van der Waals surface area contributed by atoms with Crippen molar-refractivity contribution in [2.24, 2.45) is 5.73 Å². The van der Waals surface area contributed by atoms with Gasteiger partial charge in [0.25, 0.3) is 0 Å². The molecule has 0 aliphatic heterocycles. The van der Waals surface area contributed by atoms with Gasteiger partial charge in [-0.2, -0.15) is 5.26 Å². The number of rotatable bonds is 0. The lowest BCUT2D eigenvalue weighted by Crippen LogP contribution is -2.38. The van der Waals surface area contributed by atoms with E-state index in [0.29, 0.717) is 5.57 Å². The highest BCUT2D eigenvalue weighted by atomic mass is 14.7. The summed E-state index contributed by atoms with van der Waals surface area (Å²) in [4.78, 5) is 0.